The summed E-state index contributed by atoms with van der Waals surface area (Å²) in [5, 5.41) is 3.20. The molecule has 4 rings (SSSR count). The average molecular weight is 486 g/mol. The van der Waals surface area contributed by atoms with Gasteiger partial charge in [-0.25, -0.2) is 14.4 Å². The van der Waals surface area contributed by atoms with E-state index >= 15 is 0 Å². The minimum absolute atomic E-state index is 0.0706. The van der Waals surface area contributed by atoms with Gasteiger partial charge >= 0.3 is 17.7 Å². The molecule has 0 aliphatic rings. The minimum Gasteiger partial charge on any atom is -0.445 e. The molecule has 184 valence electrons. The highest BCUT2D eigenvalue weighted by atomic mass is 16.6. The fourth-order valence-electron chi connectivity index (χ4n) is 3.96. The second-order valence-corrected chi connectivity index (χ2v) is 8.45. The molecular formula is C29H27NO6. The number of fused-ring (bicyclic) bond motifs is 1. The number of rotatable bonds is 8. The van der Waals surface area contributed by atoms with Crippen LogP contribution in [0.15, 0.2) is 88.1 Å². The van der Waals surface area contributed by atoms with Crippen molar-refractivity contribution >= 4 is 23.0 Å². The molecule has 0 saturated carbocycles. The van der Waals surface area contributed by atoms with Crippen molar-refractivity contribution in [2.45, 2.75) is 39.3 Å². The Bertz CT molecular complexity index is 1410. The molecule has 0 aliphatic heterocycles. The molecule has 1 heterocycles. The van der Waals surface area contributed by atoms with Gasteiger partial charge in [-0.3, -0.25) is 0 Å². The number of benzene rings is 3. The van der Waals surface area contributed by atoms with Crippen molar-refractivity contribution in [3.8, 4) is 5.75 Å². The van der Waals surface area contributed by atoms with Gasteiger partial charge in [0.15, 0.2) is 0 Å². The van der Waals surface area contributed by atoms with Crippen LogP contribution in [0.3, 0.4) is 0 Å². The first-order valence-corrected chi connectivity index (χ1v) is 11.7. The van der Waals surface area contributed by atoms with Gasteiger partial charge in [-0.05, 0) is 47.7 Å². The van der Waals surface area contributed by atoms with Crippen LogP contribution in [0.2, 0.25) is 0 Å². The molecule has 1 N–H and O–H groups in total. The summed E-state index contributed by atoms with van der Waals surface area (Å²) in [5.41, 5.74) is 3.02. The molecule has 7 nitrogen and oxygen atoms in total. The Balaban J connectivity index is 1.58. The number of ether oxygens (including phenoxy) is 2. The van der Waals surface area contributed by atoms with Crippen LogP contribution in [0, 0.1) is 6.92 Å². The van der Waals surface area contributed by atoms with Gasteiger partial charge in [0.1, 0.15) is 24.0 Å². The van der Waals surface area contributed by atoms with Crippen LogP contribution in [0.4, 0.5) is 4.79 Å². The number of esters is 1. The zero-order valence-corrected chi connectivity index (χ0v) is 20.2. The summed E-state index contributed by atoms with van der Waals surface area (Å²) < 4.78 is 16.5. The molecule has 4 aromatic rings. The Morgan fingerprint density at radius 2 is 1.61 bits per heavy atom. The third kappa shape index (κ3) is 6.18. The summed E-state index contributed by atoms with van der Waals surface area (Å²) in [6.07, 6.45) is 0.0263. The largest absolute Gasteiger partial charge is 0.445 e. The number of aryl methyl sites for hydroxylation is 2. The Morgan fingerprint density at radius 3 is 2.28 bits per heavy atom. The lowest BCUT2D eigenvalue weighted by atomic mass is 10.0. The summed E-state index contributed by atoms with van der Waals surface area (Å²) in [6, 6.07) is 22.4. The fourth-order valence-corrected chi connectivity index (χ4v) is 3.96. The van der Waals surface area contributed by atoms with Crippen molar-refractivity contribution in [3.05, 3.63) is 112 Å². The van der Waals surface area contributed by atoms with E-state index in [1.807, 2.05) is 74.5 Å². The smallest absolute Gasteiger partial charge is 0.408 e. The maximum atomic E-state index is 13.4. The predicted molar refractivity (Wildman–Crippen MR) is 136 cm³/mol. The van der Waals surface area contributed by atoms with Crippen LogP contribution < -0.4 is 15.7 Å². The van der Waals surface area contributed by atoms with E-state index < -0.39 is 23.7 Å². The predicted octanol–water partition coefficient (Wildman–Crippen LogP) is 5.11. The molecule has 0 aliphatic carbocycles. The lowest BCUT2D eigenvalue weighted by Gasteiger charge is -2.19. The molecular weight excluding hydrogens is 458 g/mol. The molecule has 0 unspecified atom stereocenters. The number of hydrogen-bond acceptors (Lipinski definition) is 6. The topological polar surface area (TPSA) is 94.8 Å². The van der Waals surface area contributed by atoms with Gasteiger partial charge < -0.3 is 19.2 Å². The quantitative estimate of drug-likeness (QED) is 0.212. The third-order valence-corrected chi connectivity index (χ3v) is 5.70. The Kier molecular flexibility index (Phi) is 7.80. The van der Waals surface area contributed by atoms with Crippen LogP contribution >= 0.6 is 0 Å². The third-order valence-electron chi connectivity index (χ3n) is 5.70. The molecule has 3 aromatic carbocycles. The van der Waals surface area contributed by atoms with Crippen molar-refractivity contribution in [2.24, 2.45) is 0 Å². The Labute approximate surface area is 208 Å². The molecule has 36 heavy (non-hydrogen) atoms. The van der Waals surface area contributed by atoms with Crippen molar-refractivity contribution in [2.75, 3.05) is 0 Å². The second kappa shape index (κ2) is 11.4. The summed E-state index contributed by atoms with van der Waals surface area (Å²) in [7, 11) is 0. The van der Waals surface area contributed by atoms with Crippen molar-refractivity contribution < 1.29 is 23.5 Å². The SMILES string of the molecule is CCc1cc(=O)oc2cc(C)cc(OC(=O)[C@@H](Cc3ccccc3)NC(=O)OCc3ccccc3)c12. The average Bonchev–Trinajstić information content (AvgIpc) is 2.87. The van der Waals surface area contributed by atoms with E-state index in [2.05, 4.69) is 5.32 Å². The van der Waals surface area contributed by atoms with Crippen LogP contribution in [-0.4, -0.2) is 18.1 Å². The first-order chi connectivity index (χ1) is 17.4. The standard InChI is InChI=1S/C29H27NO6/c1-3-22-17-26(31)35-24-14-19(2)15-25(27(22)24)36-28(32)23(16-20-10-6-4-7-11-20)30-29(33)34-18-21-12-8-5-9-13-21/h4-15,17,23H,3,16,18H2,1-2H3,(H,30,33)/t23-/m1/s1. The van der Waals surface area contributed by atoms with E-state index in [0.29, 0.717) is 23.0 Å². The molecule has 0 radical (unpaired) electrons. The lowest BCUT2D eigenvalue weighted by Crippen LogP contribution is -2.44. The number of carbonyl (C=O) groups is 2. The van der Waals surface area contributed by atoms with E-state index in [0.717, 1.165) is 16.7 Å². The number of nitrogens with one attached hydrogen (secondary N) is 1. The van der Waals surface area contributed by atoms with Crippen LogP contribution in [0.25, 0.3) is 11.0 Å². The number of hydrogen-bond donors (Lipinski definition) is 1. The van der Waals surface area contributed by atoms with Gasteiger partial charge in [0, 0.05) is 12.5 Å². The van der Waals surface area contributed by atoms with Crippen LogP contribution in [0.5, 0.6) is 5.75 Å². The molecule has 0 bridgehead atoms. The molecule has 1 aromatic heterocycles. The van der Waals surface area contributed by atoms with Crippen LogP contribution in [0.1, 0.15) is 29.2 Å². The zero-order chi connectivity index (χ0) is 25.5. The van der Waals surface area contributed by atoms with Gasteiger partial charge in [0.05, 0.1) is 5.39 Å². The van der Waals surface area contributed by atoms with Crippen LogP contribution in [-0.2, 0) is 29.0 Å². The van der Waals surface area contributed by atoms with E-state index in [1.54, 1.807) is 12.1 Å². The lowest BCUT2D eigenvalue weighted by molar-refractivity contribution is -0.136. The second-order valence-electron chi connectivity index (χ2n) is 8.45. The summed E-state index contributed by atoms with van der Waals surface area (Å²) >= 11 is 0. The van der Waals surface area contributed by atoms with Gasteiger partial charge in [0.2, 0.25) is 0 Å². The normalized spacial score (nSPS) is 11.6. The number of carbonyl (C=O) groups excluding carboxylic acids is 2. The van der Waals surface area contributed by atoms with Gasteiger partial charge in [-0.15, -0.1) is 0 Å². The summed E-state index contributed by atoms with van der Waals surface area (Å²) in [6.45, 7) is 3.79. The fraction of sp³-hybridized carbons (Fsp3) is 0.207. The van der Waals surface area contributed by atoms with Gasteiger partial charge in [-0.2, -0.15) is 0 Å². The van der Waals surface area contributed by atoms with Crippen molar-refractivity contribution in [1.82, 2.24) is 5.32 Å². The Hall–Kier alpha value is -4.39. The van der Waals surface area contributed by atoms with E-state index in [4.69, 9.17) is 13.9 Å². The van der Waals surface area contributed by atoms with Crippen molar-refractivity contribution in [3.63, 3.8) is 0 Å². The van der Waals surface area contributed by atoms with Gasteiger partial charge in [0.25, 0.3) is 0 Å². The maximum Gasteiger partial charge on any atom is 0.408 e. The highest BCUT2D eigenvalue weighted by molar-refractivity contribution is 5.91. The zero-order valence-electron chi connectivity index (χ0n) is 20.2. The number of alkyl carbamates (subject to hydrolysis) is 1. The molecule has 0 fully saturated rings. The van der Waals surface area contributed by atoms with E-state index in [-0.39, 0.29) is 18.8 Å². The molecule has 0 spiro atoms. The molecule has 1 amide bonds. The number of amides is 1. The summed E-state index contributed by atoms with van der Waals surface area (Å²) in [4.78, 5) is 37.9. The molecule has 7 heteroatoms. The maximum absolute atomic E-state index is 13.4. The Morgan fingerprint density at radius 1 is 0.944 bits per heavy atom. The van der Waals surface area contributed by atoms with Crippen molar-refractivity contribution in [1.29, 1.82) is 0 Å². The highest BCUT2D eigenvalue weighted by Crippen LogP contribution is 2.30. The monoisotopic (exact) mass is 485 g/mol. The first-order valence-electron chi connectivity index (χ1n) is 11.7. The molecule has 1 atom stereocenters. The summed E-state index contributed by atoms with van der Waals surface area (Å²) in [5.74, 6) is -0.385. The van der Waals surface area contributed by atoms with E-state index in [1.165, 1.54) is 6.07 Å². The first kappa shape index (κ1) is 24.7. The van der Waals surface area contributed by atoms with Gasteiger partial charge in [-0.1, -0.05) is 67.6 Å². The van der Waals surface area contributed by atoms with E-state index in [9.17, 15) is 14.4 Å². The minimum atomic E-state index is -1.01. The highest BCUT2D eigenvalue weighted by Gasteiger charge is 2.26. The molecule has 0 saturated heterocycles.